The molecular formula is C24H26ClN3O3S. The number of anilines is 1. The van der Waals surface area contributed by atoms with Crippen LogP contribution in [0.3, 0.4) is 0 Å². The van der Waals surface area contributed by atoms with Gasteiger partial charge in [0.2, 0.25) is 0 Å². The van der Waals surface area contributed by atoms with Gasteiger partial charge in [0.1, 0.15) is 5.75 Å². The lowest BCUT2D eigenvalue weighted by Gasteiger charge is -2.27. The van der Waals surface area contributed by atoms with E-state index < -0.39 is 0 Å². The Kier molecular flexibility index (Phi) is 7.42. The van der Waals surface area contributed by atoms with E-state index in [1.54, 1.807) is 30.6 Å². The second kappa shape index (κ2) is 10.4. The molecule has 168 valence electrons. The number of rotatable bonds is 7. The van der Waals surface area contributed by atoms with Crippen LogP contribution in [0.4, 0.5) is 5.69 Å². The molecule has 1 aliphatic heterocycles. The number of ether oxygens (including phenoxy) is 2. The first-order valence-electron chi connectivity index (χ1n) is 10.6. The Bertz CT molecular complexity index is 1100. The predicted octanol–water partition coefficient (Wildman–Crippen LogP) is 5.12. The van der Waals surface area contributed by atoms with Gasteiger partial charge in [-0.05, 0) is 48.4 Å². The molecule has 0 saturated carbocycles. The average Bonchev–Trinajstić information content (AvgIpc) is 3.28. The molecule has 0 aliphatic carbocycles. The van der Waals surface area contributed by atoms with Crippen LogP contribution in [0.1, 0.15) is 27.9 Å². The van der Waals surface area contributed by atoms with Crippen molar-refractivity contribution in [1.29, 1.82) is 0 Å². The van der Waals surface area contributed by atoms with E-state index >= 15 is 0 Å². The van der Waals surface area contributed by atoms with Gasteiger partial charge in [-0.2, -0.15) is 0 Å². The van der Waals surface area contributed by atoms with Crippen LogP contribution in [-0.4, -0.2) is 49.2 Å². The van der Waals surface area contributed by atoms with E-state index in [4.69, 9.17) is 21.1 Å². The second-order valence-corrected chi connectivity index (χ2v) is 8.89. The summed E-state index contributed by atoms with van der Waals surface area (Å²) in [6.07, 6.45) is 0.894. The van der Waals surface area contributed by atoms with E-state index in [9.17, 15) is 4.79 Å². The molecule has 0 spiro atoms. The topological polar surface area (TPSA) is 63.7 Å². The van der Waals surface area contributed by atoms with Gasteiger partial charge in [-0.25, -0.2) is 4.98 Å². The molecule has 1 aliphatic rings. The van der Waals surface area contributed by atoms with E-state index in [1.807, 2.05) is 29.6 Å². The highest BCUT2D eigenvalue weighted by Gasteiger charge is 2.18. The van der Waals surface area contributed by atoms with Crippen molar-refractivity contribution in [2.45, 2.75) is 19.9 Å². The highest BCUT2D eigenvalue weighted by molar-refractivity contribution is 7.09. The molecule has 0 unspecified atom stereocenters. The zero-order chi connectivity index (χ0) is 22.5. The molecular weight excluding hydrogens is 446 g/mol. The maximum atomic E-state index is 13.1. The number of carbonyl (C=O) groups excluding carboxylic acids is 1. The summed E-state index contributed by atoms with van der Waals surface area (Å²) in [6.45, 7) is 5.82. The minimum atomic E-state index is -0.179. The van der Waals surface area contributed by atoms with E-state index in [0.29, 0.717) is 36.0 Å². The van der Waals surface area contributed by atoms with Crippen LogP contribution in [0.5, 0.6) is 5.75 Å². The van der Waals surface area contributed by atoms with Crippen LogP contribution in [-0.2, 0) is 17.7 Å². The Morgan fingerprint density at radius 1 is 1.25 bits per heavy atom. The summed E-state index contributed by atoms with van der Waals surface area (Å²) in [7, 11) is 1.63. The number of aryl methyl sites for hydroxylation is 1. The van der Waals surface area contributed by atoms with Gasteiger partial charge in [-0.1, -0.05) is 18.5 Å². The molecule has 1 aromatic heterocycles. The summed E-state index contributed by atoms with van der Waals surface area (Å²) in [4.78, 5) is 20.0. The molecule has 1 saturated heterocycles. The first-order chi connectivity index (χ1) is 15.6. The molecule has 1 fully saturated rings. The molecule has 32 heavy (non-hydrogen) atoms. The number of amides is 1. The molecule has 0 bridgehead atoms. The molecule has 3 aromatic rings. The fraction of sp³-hybridized carbons (Fsp3) is 0.333. The molecule has 8 heteroatoms. The zero-order valence-corrected chi connectivity index (χ0v) is 19.8. The van der Waals surface area contributed by atoms with Gasteiger partial charge in [0.05, 0.1) is 36.0 Å². The van der Waals surface area contributed by atoms with Crippen LogP contribution < -0.4 is 10.1 Å². The normalized spacial score (nSPS) is 14.3. The van der Waals surface area contributed by atoms with E-state index in [0.717, 1.165) is 47.1 Å². The van der Waals surface area contributed by atoms with Crippen LogP contribution in [0.15, 0.2) is 41.8 Å². The summed E-state index contributed by atoms with van der Waals surface area (Å²) in [5, 5.41) is 6.62. The number of carbonyl (C=O) groups is 1. The number of morpholine rings is 1. The van der Waals surface area contributed by atoms with Crippen molar-refractivity contribution in [3.63, 3.8) is 0 Å². The van der Waals surface area contributed by atoms with Crippen molar-refractivity contribution in [2.24, 2.45) is 0 Å². The minimum absolute atomic E-state index is 0.179. The number of nitrogens with zero attached hydrogens (tertiary/aromatic N) is 2. The lowest BCUT2D eigenvalue weighted by molar-refractivity contribution is 0.0341. The van der Waals surface area contributed by atoms with Gasteiger partial charge in [0, 0.05) is 41.8 Å². The number of halogens is 1. The monoisotopic (exact) mass is 471 g/mol. The molecule has 4 rings (SSSR count). The molecule has 6 nitrogen and oxygen atoms in total. The maximum Gasteiger partial charge on any atom is 0.255 e. The number of nitrogens with one attached hydrogen (secondary N) is 1. The lowest BCUT2D eigenvalue weighted by atomic mass is 10.0. The van der Waals surface area contributed by atoms with E-state index in [1.165, 1.54) is 0 Å². The van der Waals surface area contributed by atoms with Crippen LogP contribution in [0.25, 0.3) is 11.3 Å². The standard InChI is InChI=1S/C24H26ClN3O3S/c1-3-23-27-22(15-32-23)20-6-4-17(13-21(20)25)26-24(29)19-7-5-18(30-2)12-16(19)14-28-8-10-31-11-9-28/h4-7,12-13,15H,3,8-11,14H2,1-2H3,(H,26,29). The van der Waals surface area contributed by atoms with Gasteiger partial charge in [0.25, 0.3) is 5.91 Å². The molecule has 2 heterocycles. The quantitative estimate of drug-likeness (QED) is 0.518. The zero-order valence-electron chi connectivity index (χ0n) is 18.2. The summed E-state index contributed by atoms with van der Waals surface area (Å²) >= 11 is 8.15. The first-order valence-corrected chi connectivity index (χ1v) is 11.9. The number of benzene rings is 2. The second-order valence-electron chi connectivity index (χ2n) is 7.54. The third kappa shape index (κ3) is 5.30. The molecule has 1 amide bonds. The van der Waals surface area contributed by atoms with Crippen molar-refractivity contribution in [1.82, 2.24) is 9.88 Å². The van der Waals surface area contributed by atoms with Crippen LogP contribution >= 0.6 is 22.9 Å². The Labute approximate surface area is 197 Å². The number of thiazole rings is 1. The van der Waals surface area contributed by atoms with Gasteiger partial charge < -0.3 is 14.8 Å². The van der Waals surface area contributed by atoms with Gasteiger partial charge in [-0.15, -0.1) is 11.3 Å². The van der Waals surface area contributed by atoms with Crippen molar-refractivity contribution in [3.05, 3.63) is 62.9 Å². The number of hydrogen-bond acceptors (Lipinski definition) is 6. The fourth-order valence-electron chi connectivity index (χ4n) is 3.65. The Morgan fingerprint density at radius 2 is 2.06 bits per heavy atom. The summed E-state index contributed by atoms with van der Waals surface area (Å²) < 4.78 is 10.8. The molecule has 2 aromatic carbocycles. The third-order valence-corrected chi connectivity index (χ3v) is 6.72. The summed E-state index contributed by atoms with van der Waals surface area (Å²) in [5.74, 6) is 0.550. The molecule has 0 atom stereocenters. The van der Waals surface area contributed by atoms with Crippen LogP contribution in [0.2, 0.25) is 5.02 Å². The minimum Gasteiger partial charge on any atom is -0.497 e. The van der Waals surface area contributed by atoms with E-state index in [2.05, 4.69) is 22.1 Å². The fourth-order valence-corrected chi connectivity index (χ4v) is 4.67. The average molecular weight is 472 g/mol. The number of methoxy groups -OCH3 is 1. The summed E-state index contributed by atoms with van der Waals surface area (Å²) in [6, 6.07) is 11.1. The van der Waals surface area contributed by atoms with Crippen LogP contribution in [0, 0.1) is 0 Å². The lowest BCUT2D eigenvalue weighted by Crippen LogP contribution is -2.36. The van der Waals surface area contributed by atoms with Crippen molar-refractivity contribution < 1.29 is 14.3 Å². The molecule has 1 N–H and O–H groups in total. The Morgan fingerprint density at radius 3 is 2.75 bits per heavy atom. The summed E-state index contributed by atoms with van der Waals surface area (Å²) in [5.41, 5.74) is 3.89. The predicted molar refractivity (Wildman–Crippen MR) is 129 cm³/mol. The Balaban J connectivity index is 1.53. The number of hydrogen-bond donors (Lipinski definition) is 1. The smallest absolute Gasteiger partial charge is 0.255 e. The Hall–Kier alpha value is -2.45. The van der Waals surface area contributed by atoms with Gasteiger partial charge >= 0.3 is 0 Å². The highest BCUT2D eigenvalue weighted by Crippen LogP contribution is 2.31. The third-order valence-electron chi connectivity index (χ3n) is 5.41. The SMILES string of the molecule is CCc1nc(-c2ccc(NC(=O)c3ccc(OC)cc3CN3CCOCC3)cc2Cl)cs1. The molecule has 0 radical (unpaired) electrons. The number of aromatic nitrogens is 1. The highest BCUT2D eigenvalue weighted by atomic mass is 35.5. The van der Waals surface area contributed by atoms with Gasteiger partial charge in [0.15, 0.2) is 0 Å². The van der Waals surface area contributed by atoms with Gasteiger partial charge in [-0.3, -0.25) is 9.69 Å². The largest absolute Gasteiger partial charge is 0.497 e. The van der Waals surface area contributed by atoms with Crippen molar-refractivity contribution in [3.8, 4) is 17.0 Å². The van der Waals surface area contributed by atoms with Crippen molar-refractivity contribution in [2.75, 3.05) is 38.7 Å². The first kappa shape index (κ1) is 22.7. The maximum absolute atomic E-state index is 13.1. The van der Waals surface area contributed by atoms with E-state index in [-0.39, 0.29) is 5.91 Å². The van der Waals surface area contributed by atoms with Crippen molar-refractivity contribution >= 4 is 34.5 Å².